The molecule has 1 aromatic heterocycles. The van der Waals surface area contributed by atoms with Gasteiger partial charge in [0.25, 0.3) is 0 Å². The molecule has 2 fully saturated rings. The maximum absolute atomic E-state index is 13.2. The maximum Gasteiger partial charge on any atom is 0.193 e. The molecule has 0 N–H and O–H groups in total. The van der Waals surface area contributed by atoms with Crippen LogP contribution >= 0.6 is 22.9 Å². The molecule has 2 aliphatic heterocycles. The van der Waals surface area contributed by atoms with Gasteiger partial charge in [-0.3, -0.25) is 4.90 Å². The summed E-state index contributed by atoms with van der Waals surface area (Å²) in [4.78, 5) is 4.19. The highest BCUT2D eigenvalue weighted by Gasteiger charge is 2.49. The highest BCUT2D eigenvalue weighted by atomic mass is 35.5. The minimum Gasteiger partial charge on any atom is -0.495 e. The van der Waals surface area contributed by atoms with Crippen molar-refractivity contribution >= 4 is 48.3 Å². The summed E-state index contributed by atoms with van der Waals surface area (Å²) < 4.78 is 57.1. The molecule has 2 aliphatic rings. The number of nitrogens with zero attached hydrogens (tertiary/aromatic N) is 2. The Morgan fingerprint density at radius 1 is 1.07 bits per heavy atom. The number of rotatable bonds is 5. The zero-order valence-electron chi connectivity index (χ0n) is 16.4. The van der Waals surface area contributed by atoms with Gasteiger partial charge in [-0.25, -0.2) is 16.8 Å². The Morgan fingerprint density at radius 2 is 1.77 bits per heavy atom. The zero-order chi connectivity index (χ0) is 21.5. The molecule has 164 valence electrons. The lowest BCUT2D eigenvalue weighted by molar-refractivity contribution is 0.201. The molecule has 11 heteroatoms. The molecule has 0 aliphatic carbocycles. The van der Waals surface area contributed by atoms with Crippen LogP contribution in [0.3, 0.4) is 0 Å². The van der Waals surface area contributed by atoms with E-state index in [1.165, 1.54) is 12.1 Å². The lowest BCUT2D eigenvalue weighted by atomic mass is 10.1. The van der Waals surface area contributed by atoms with E-state index >= 15 is 0 Å². The SMILES string of the molecule is COc1ccccc1N1CCN([C@H]2CS(=O)(=O)C[C@@H]2S(=O)(=O)c2ccc(Cl)s2)CC1. The van der Waals surface area contributed by atoms with Gasteiger partial charge in [0.15, 0.2) is 19.7 Å². The Kier molecular flexibility index (Phi) is 6.06. The molecule has 0 spiro atoms. The van der Waals surface area contributed by atoms with Crippen LogP contribution in [0.15, 0.2) is 40.6 Å². The van der Waals surface area contributed by atoms with Crippen LogP contribution in [-0.2, 0) is 19.7 Å². The molecule has 4 rings (SSSR count). The molecule has 0 amide bonds. The minimum absolute atomic E-state index is 0.132. The van der Waals surface area contributed by atoms with Gasteiger partial charge in [0.2, 0.25) is 0 Å². The van der Waals surface area contributed by atoms with E-state index < -0.39 is 31.0 Å². The fraction of sp³-hybridized carbons (Fsp3) is 0.474. The molecule has 30 heavy (non-hydrogen) atoms. The summed E-state index contributed by atoms with van der Waals surface area (Å²) in [5.74, 6) is 0.303. The van der Waals surface area contributed by atoms with Gasteiger partial charge in [0, 0.05) is 32.2 Å². The molecular formula is C19H23ClN2O5S3. The lowest BCUT2D eigenvalue weighted by Gasteiger charge is -2.40. The first kappa shape index (κ1) is 21.9. The molecule has 0 unspecified atom stereocenters. The molecule has 2 aromatic rings. The normalized spacial score (nSPS) is 24.8. The summed E-state index contributed by atoms with van der Waals surface area (Å²) in [5.41, 5.74) is 0.982. The first-order valence-corrected chi connectivity index (χ1v) is 14.1. The molecule has 0 bridgehead atoms. The number of thiophene rings is 1. The van der Waals surface area contributed by atoms with E-state index in [-0.39, 0.29) is 15.7 Å². The molecule has 0 saturated carbocycles. The Bertz CT molecular complexity index is 1120. The summed E-state index contributed by atoms with van der Waals surface area (Å²) in [5, 5.41) is -0.977. The van der Waals surface area contributed by atoms with Crippen LogP contribution in [0.25, 0.3) is 0 Å². The standard InChI is InChI=1S/C19H23ClN2O5S3/c1-27-16-5-3-2-4-14(16)21-8-10-22(11-9-21)15-12-29(23,24)13-17(15)30(25,26)19-7-6-18(20)28-19/h2-7,15,17H,8-13H2,1H3/t15-,17-/m0/s1. The van der Waals surface area contributed by atoms with Crippen molar-refractivity contribution in [2.24, 2.45) is 0 Å². The van der Waals surface area contributed by atoms with E-state index in [4.69, 9.17) is 16.3 Å². The van der Waals surface area contributed by atoms with Gasteiger partial charge < -0.3 is 9.64 Å². The average molecular weight is 491 g/mol. The van der Waals surface area contributed by atoms with E-state index in [9.17, 15) is 16.8 Å². The Labute approximate surface area is 186 Å². The van der Waals surface area contributed by atoms with Gasteiger partial charge in [-0.2, -0.15) is 0 Å². The summed E-state index contributed by atoms with van der Waals surface area (Å²) in [6, 6.07) is 10.2. The number of halogens is 1. The number of anilines is 1. The average Bonchev–Trinajstić information content (AvgIpc) is 3.31. The van der Waals surface area contributed by atoms with Crippen LogP contribution in [-0.4, -0.2) is 77.8 Å². The Balaban J connectivity index is 1.54. The minimum atomic E-state index is -3.78. The highest BCUT2D eigenvalue weighted by molar-refractivity contribution is 7.97. The van der Waals surface area contributed by atoms with Crippen molar-refractivity contribution in [2.75, 3.05) is 49.7 Å². The third-order valence-corrected chi connectivity index (χ3v) is 11.6. The van der Waals surface area contributed by atoms with Crippen molar-refractivity contribution in [3.8, 4) is 5.75 Å². The largest absolute Gasteiger partial charge is 0.495 e. The predicted octanol–water partition coefficient (Wildman–Crippen LogP) is 2.17. The maximum atomic E-state index is 13.2. The first-order valence-electron chi connectivity index (χ1n) is 9.53. The summed E-state index contributed by atoms with van der Waals surface area (Å²) in [6.45, 7) is 2.48. The number of hydrogen-bond acceptors (Lipinski definition) is 8. The number of methoxy groups -OCH3 is 1. The van der Waals surface area contributed by atoms with Gasteiger partial charge in [-0.15, -0.1) is 11.3 Å². The Morgan fingerprint density at radius 3 is 2.40 bits per heavy atom. The quantitative estimate of drug-likeness (QED) is 0.635. The van der Waals surface area contributed by atoms with Crippen LogP contribution in [0.5, 0.6) is 5.75 Å². The molecule has 2 saturated heterocycles. The number of sulfone groups is 2. The number of benzene rings is 1. The highest BCUT2D eigenvalue weighted by Crippen LogP contribution is 2.35. The van der Waals surface area contributed by atoms with E-state index in [0.29, 0.717) is 30.5 Å². The summed E-state index contributed by atoms with van der Waals surface area (Å²) in [6.07, 6.45) is 0. The van der Waals surface area contributed by atoms with Gasteiger partial charge in [-0.05, 0) is 24.3 Å². The van der Waals surface area contributed by atoms with Crippen LogP contribution in [0, 0.1) is 0 Å². The molecule has 2 atom stereocenters. The smallest absolute Gasteiger partial charge is 0.193 e. The van der Waals surface area contributed by atoms with Crippen LogP contribution < -0.4 is 9.64 Å². The third kappa shape index (κ3) is 4.20. The molecule has 0 radical (unpaired) electrons. The number of piperazine rings is 1. The van der Waals surface area contributed by atoms with E-state index in [1.807, 2.05) is 29.2 Å². The van der Waals surface area contributed by atoms with Gasteiger partial charge in [0.1, 0.15) is 9.96 Å². The van der Waals surface area contributed by atoms with Crippen molar-refractivity contribution < 1.29 is 21.6 Å². The van der Waals surface area contributed by atoms with Crippen molar-refractivity contribution in [3.63, 3.8) is 0 Å². The predicted molar refractivity (Wildman–Crippen MR) is 120 cm³/mol. The number of para-hydroxylation sites is 2. The van der Waals surface area contributed by atoms with E-state index in [1.54, 1.807) is 7.11 Å². The second-order valence-corrected chi connectivity index (χ2v) is 13.7. The monoisotopic (exact) mass is 490 g/mol. The van der Waals surface area contributed by atoms with Crippen LogP contribution in [0.2, 0.25) is 4.34 Å². The van der Waals surface area contributed by atoms with Gasteiger partial charge in [-0.1, -0.05) is 23.7 Å². The number of hydrogen-bond donors (Lipinski definition) is 0. The fourth-order valence-electron chi connectivity index (χ4n) is 4.22. The first-order chi connectivity index (χ1) is 14.2. The van der Waals surface area contributed by atoms with Crippen molar-refractivity contribution in [1.82, 2.24) is 4.90 Å². The van der Waals surface area contributed by atoms with Crippen molar-refractivity contribution in [3.05, 3.63) is 40.7 Å². The van der Waals surface area contributed by atoms with Crippen LogP contribution in [0.1, 0.15) is 0 Å². The van der Waals surface area contributed by atoms with Gasteiger partial charge >= 0.3 is 0 Å². The van der Waals surface area contributed by atoms with Gasteiger partial charge in [0.05, 0.1) is 33.9 Å². The lowest BCUT2D eigenvalue weighted by Crippen LogP contribution is -2.55. The molecule has 1 aromatic carbocycles. The van der Waals surface area contributed by atoms with E-state index in [0.717, 1.165) is 22.8 Å². The van der Waals surface area contributed by atoms with Crippen LogP contribution in [0.4, 0.5) is 5.69 Å². The topological polar surface area (TPSA) is 84.0 Å². The molecule has 3 heterocycles. The Hall–Kier alpha value is -1.33. The third-order valence-electron chi connectivity index (χ3n) is 5.71. The summed E-state index contributed by atoms with van der Waals surface area (Å²) >= 11 is 6.90. The second kappa shape index (κ2) is 8.31. The fourth-order valence-corrected chi connectivity index (χ4v) is 10.8. The van der Waals surface area contributed by atoms with Crippen molar-refractivity contribution in [1.29, 1.82) is 0 Å². The zero-order valence-corrected chi connectivity index (χ0v) is 19.6. The number of ether oxygens (including phenoxy) is 1. The second-order valence-electron chi connectivity index (χ2n) is 7.48. The summed E-state index contributed by atoms with van der Waals surface area (Å²) in [7, 11) is -5.59. The van der Waals surface area contributed by atoms with Crippen molar-refractivity contribution in [2.45, 2.75) is 15.5 Å². The molecular weight excluding hydrogens is 468 g/mol. The van der Waals surface area contributed by atoms with E-state index in [2.05, 4.69) is 4.90 Å². The molecule has 7 nitrogen and oxygen atoms in total.